The maximum Gasteiger partial charge on any atom is 0.306 e. The molecule has 1 fully saturated rings. The third-order valence-corrected chi connectivity index (χ3v) is 1.87. The summed E-state index contributed by atoms with van der Waals surface area (Å²) in [5.41, 5.74) is 0. The van der Waals surface area contributed by atoms with Crippen molar-refractivity contribution < 1.29 is 19.0 Å². The molecule has 0 aromatic heterocycles. The fourth-order valence-electron chi connectivity index (χ4n) is 1.11. The second-order valence-corrected chi connectivity index (χ2v) is 2.69. The van der Waals surface area contributed by atoms with Gasteiger partial charge in [-0.2, -0.15) is 0 Å². The van der Waals surface area contributed by atoms with Crippen LogP contribution in [0.5, 0.6) is 0 Å². The predicted octanol–water partition coefficient (Wildman–Crippen LogP) is 0.836. The summed E-state index contributed by atoms with van der Waals surface area (Å²) in [5.74, 6) is -1.04. The topological polar surface area (TPSA) is 46.5 Å². The summed E-state index contributed by atoms with van der Waals surface area (Å²) in [4.78, 5) is 10.3. The molecule has 1 rings (SSSR count). The maximum atomic E-state index is 11.5. The number of carboxylic acids is 1. The molecule has 0 heterocycles. The van der Waals surface area contributed by atoms with E-state index in [1.54, 1.807) is 0 Å². The van der Waals surface area contributed by atoms with Crippen LogP contribution >= 0.6 is 0 Å². The van der Waals surface area contributed by atoms with E-state index >= 15 is 0 Å². The molecule has 0 bridgehead atoms. The molecule has 1 aliphatic rings. The van der Waals surface area contributed by atoms with Crippen LogP contribution in [0.4, 0.5) is 4.39 Å². The first-order valence-corrected chi connectivity index (χ1v) is 3.64. The lowest BCUT2D eigenvalue weighted by Gasteiger charge is -2.31. The summed E-state index contributed by atoms with van der Waals surface area (Å²) in [6.07, 6.45) is 1.05. The average Bonchev–Trinajstić information content (AvgIpc) is 1.84. The lowest BCUT2D eigenvalue weighted by Crippen LogP contribution is -2.36. The molecule has 0 spiro atoms. The monoisotopic (exact) mass is 162 g/mol. The molecule has 1 N–H and O–H groups in total. The Hall–Kier alpha value is -0.640. The highest BCUT2D eigenvalue weighted by atomic mass is 19.1. The lowest BCUT2D eigenvalue weighted by molar-refractivity contribution is -0.151. The van der Waals surface area contributed by atoms with Crippen molar-refractivity contribution >= 4 is 5.97 Å². The largest absolute Gasteiger partial charge is 0.481 e. The number of halogens is 1. The zero-order valence-electron chi connectivity index (χ0n) is 6.12. The van der Waals surface area contributed by atoms with E-state index in [9.17, 15) is 9.18 Å². The quantitative estimate of drug-likeness (QED) is 0.666. The van der Waals surface area contributed by atoms with E-state index in [2.05, 4.69) is 0 Å². The van der Waals surface area contributed by atoms with Crippen LogP contribution in [-0.4, -0.2) is 30.5 Å². The average molecular weight is 162 g/mol. The maximum absolute atomic E-state index is 11.5. The second kappa shape index (κ2) is 3.67. The first-order valence-electron chi connectivity index (χ1n) is 3.64. The van der Waals surface area contributed by atoms with E-state index in [-0.39, 0.29) is 18.6 Å². The fraction of sp³-hybridized carbons (Fsp3) is 0.857. The molecule has 3 nitrogen and oxygen atoms in total. The fourth-order valence-corrected chi connectivity index (χ4v) is 1.11. The smallest absolute Gasteiger partial charge is 0.306 e. The van der Waals surface area contributed by atoms with Gasteiger partial charge in [0.1, 0.15) is 6.67 Å². The number of rotatable bonds is 4. The Balaban J connectivity index is 2.05. The lowest BCUT2D eigenvalue weighted by atomic mass is 9.82. The molecule has 0 amide bonds. The summed E-state index contributed by atoms with van der Waals surface area (Å²) in [6.45, 7) is -0.398. The molecule has 64 valence electrons. The van der Waals surface area contributed by atoms with Crippen molar-refractivity contribution in [3.63, 3.8) is 0 Å². The number of ether oxygens (including phenoxy) is 1. The molecule has 0 unspecified atom stereocenters. The van der Waals surface area contributed by atoms with Crippen molar-refractivity contribution in [1.29, 1.82) is 0 Å². The van der Waals surface area contributed by atoms with Gasteiger partial charge in [-0.25, -0.2) is 4.39 Å². The van der Waals surface area contributed by atoms with Gasteiger partial charge in [0, 0.05) is 0 Å². The van der Waals surface area contributed by atoms with Gasteiger partial charge in [0.05, 0.1) is 18.6 Å². The normalized spacial score (nSPS) is 29.5. The minimum absolute atomic E-state index is 0.0214. The van der Waals surface area contributed by atoms with Gasteiger partial charge in [-0.1, -0.05) is 0 Å². The van der Waals surface area contributed by atoms with Gasteiger partial charge in [-0.3, -0.25) is 4.79 Å². The minimum atomic E-state index is -0.773. The molecule has 4 heteroatoms. The van der Waals surface area contributed by atoms with E-state index in [0.717, 1.165) is 0 Å². The summed E-state index contributed by atoms with van der Waals surface area (Å²) in [5, 5.41) is 8.45. The third-order valence-electron chi connectivity index (χ3n) is 1.87. The van der Waals surface area contributed by atoms with E-state index < -0.39 is 12.6 Å². The highest BCUT2D eigenvalue weighted by molar-refractivity contribution is 5.71. The van der Waals surface area contributed by atoms with E-state index in [1.807, 2.05) is 0 Å². The van der Waals surface area contributed by atoms with Crippen LogP contribution in [0, 0.1) is 5.92 Å². The van der Waals surface area contributed by atoms with Crippen molar-refractivity contribution in [2.75, 3.05) is 13.3 Å². The molecule has 11 heavy (non-hydrogen) atoms. The first-order chi connectivity index (χ1) is 5.24. The standard InChI is InChI=1S/C7H11FO3/c8-1-2-11-6-3-5(4-6)7(9)10/h5-6H,1-4H2,(H,9,10). The highest BCUT2D eigenvalue weighted by Crippen LogP contribution is 2.29. The van der Waals surface area contributed by atoms with Crippen LogP contribution in [0.1, 0.15) is 12.8 Å². The number of carbonyl (C=O) groups is 1. The zero-order chi connectivity index (χ0) is 8.27. The van der Waals surface area contributed by atoms with Crippen LogP contribution in [0.25, 0.3) is 0 Å². The number of hydrogen-bond acceptors (Lipinski definition) is 2. The molecule has 1 saturated carbocycles. The predicted molar refractivity (Wildman–Crippen MR) is 36.1 cm³/mol. The van der Waals surface area contributed by atoms with Crippen molar-refractivity contribution in [1.82, 2.24) is 0 Å². The summed E-state index contributed by atoms with van der Waals surface area (Å²) >= 11 is 0. The summed E-state index contributed by atoms with van der Waals surface area (Å²) in [7, 11) is 0. The van der Waals surface area contributed by atoms with Crippen LogP contribution < -0.4 is 0 Å². The molecule has 0 saturated heterocycles. The SMILES string of the molecule is O=C(O)C1CC(OCCF)C1. The first kappa shape index (κ1) is 8.46. The van der Waals surface area contributed by atoms with Gasteiger partial charge < -0.3 is 9.84 Å². The summed E-state index contributed by atoms with van der Waals surface area (Å²) in [6, 6.07) is 0. The molecule has 0 radical (unpaired) electrons. The number of hydrogen-bond donors (Lipinski definition) is 1. The van der Waals surface area contributed by atoms with Gasteiger partial charge >= 0.3 is 5.97 Å². The molecule has 0 aliphatic heterocycles. The highest BCUT2D eigenvalue weighted by Gasteiger charge is 2.34. The Morgan fingerprint density at radius 2 is 2.27 bits per heavy atom. The van der Waals surface area contributed by atoms with Crippen molar-refractivity contribution in [2.24, 2.45) is 5.92 Å². The van der Waals surface area contributed by atoms with Gasteiger partial charge in [-0.05, 0) is 12.8 Å². The van der Waals surface area contributed by atoms with Crippen molar-refractivity contribution in [3.8, 4) is 0 Å². The van der Waals surface area contributed by atoms with Crippen LogP contribution in [0.15, 0.2) is 0 Å². The number of alkyl halides is 1. The van der Waals surface area contributed by atoms with Gasteiger partial charge in [0.25, 0.3) is 0 Å². The molecule has 0 aromatic carbocycles. The molecule has 1 aliphatic carbocycles. The number of carboxylic acid groups (broad SMARTS) is 1. The van der Waals surface area contributed by atoms with Gasteiger partial charge in [-0.15, -0.1) is 0 Å². The molecule has 0 aromatic rings. The second-order valence-electron chi connectivity index (χ2n) is 2.69. The van der Waals surface area contributed by atoms with Crippen LogP contribution in [0.3, 0.4) is 0 Å². The Labute approximate surface area is 64.2 Å². The Kier molecular flexibility index (Phi) is 2.82. The van der Waals surface area contributed by atoms with E-state index in [0.29, 0.717) is 12.8 Å². The summed E-state index contributed by atoms with van der Waals surface area (Å²) < 4.78 is 16.5. The molecular formula is C7H11FO3. The van der Waals surface area contributed by atoms with E-state index in [4.69, 9.17) is 9.84 Å². The van der Waals surface area contributed by atoms with Crippen LogP contribution in [-0.2, 0) is 9.53 Å². The van der Waals surface area contributed by atoms with Gasteiger partial charge in [0.15, 0.2) is 0 Å². The minimum Gasteiger partial charge on any atom is -0.481 e. The zero-order valence-corrected chi connectivity index (χ0v) is 6.12. The van der Waals surface area contributed by atoms with Crippen molar-refractivity contribution in [3.05, 3.63) is 0 Å². The number of aliphatic carboxylic acids is 1. The molecule has 0 atom stereocenters. The molecular weight excluding hydrogens is 151 g/mol. The Bertz CT molecular complexity index is 143. The third kappa shape index (κ3) is 2.15. The Morgan fingerprint density at radius 3 is 2.73 bits per heavy atom. The van der Waals surface area contributed by atoms with Gasteiger partial charge in [0.2, 0.25) is 0 Å². The van der Waals surface area contributed by atoms with E-state index in [1.165, 1.54) is 0 Å². The van der Waals surface area contributed by atoms with Crippen LogP contribution in [0.2, 0.25) is 0 Å². The Morgan fingerprint density at radius 1 is 1.64 bits per heavy atom. The van der Waals surface area contributed by atoms with Crippen molar-refractivity contribution in [2.45, 2.75) is 18.9 Å².